The van der Waals surface area contributed by atoms with E-state index in [1.54, 1.807) is 36.5 Å². The molecule has 0 saturated carbocycles. The molecule has 30 heavy (non-hydrogen) atoms. The van der Waals surface area contributed by atoms with Gasteiger partial charge < -0.3 is 4.74 Å². The van der Waals surface area contributed by atoms with Gasteiger partial charge in [-0.15, -0.1) is 16.8 Å². The van der Waals surface area contributed by atoms with Crippen LogP contribution in [0.2, 0.25) is 0 Å². The summed E-state index contributed by atoms with van der Waals surface area (Å²) in [6.07, 6.45) is 3.41. The van der Waals surface area contributed by atoms with Crippen LogP contribution in [0.1, 0.15) is 11.4 Å². The molecule has 2 aromatic carbocycles. The van der Waals surface area contributed by atoms with E-state index >= 15 is 0 Å². The number of ether oxygens (including phenoxy) is 1. The molecule has 2 heterocycles. The lowest BCUT2D eigenvalue weighted by atomic mass is 10.1. The normalized spacial score (nSPS) is 11.0. The van der Waals surface area contributed by atoms with E-state index in [0.29, 0.717) is 23.3 Å². The molecule has 152 valence electrons. The summed E-state index contributed by atoms with van der Waals surface area (Å²) in [5.74, 6) is 0.416. The molecule has 0 amide bonds. The van der Waals surface area contributed by atoms with Crippen molar-refractivity contribution < 1.29 is 13.5 Å². The Morgan fingerprint density at radius 3 is 2.80 bits per heavy atom. The van der Waals surface area contributed by atoms with Gasteiger partial charge in [0.2, 0.25) is 0 Å². The monoisotopic (exact) mass is 424 g/mol. The van der Waals surface area contributed by atoms with Crippen LogP contribution in [0.4, 0.5) is 8.78 Å². The molecule has 0 N–H and O–H groups in total. The minimum atomic E-state index is -0.438. The van der Waals surface area contributed by atoms with E-state index in [4.69, 9.17) is 4.74 Å². The van der Waals surface area contributed by atoms with Crippen LogP contribution in [0.25, 0.3) is 10.9 Å². The van der Waals surface area contributed by atoms with Gasteiger partial charge in [0.05, 0.1) is 5.52 Å². The van der Waals surface area contributed by atoms with E-state index in [-0.39, 0.29) is 18.2 Å². The highest BCUT2D eigenvalue weighted by molar-refractivity contribution is 7.98. The van der Waals surface area contributed by atoms with Gasteiger partial charge in [-0.3, -0.25) is 9.55 Å². The minimum Gasteiger partial charge on any atom is -0.483 e. The third-order valence-electron chi connectivity index (χ3n) is 4.40. The number of para-hydroxylation sites is 1. The van der Waals surface area contributed by atoms with Gasteiger partial charge in [0.1, 0.15) is 12.4 Å². The number of halogens is 2. The largest absolute Gasteiger partial charge is 0.483 e. The van der Waals surface area contributed by atoms with Crippen molar-refractivity contribution in [2.24, 2.45) is 0 Å². The summed E-state index contributed by atoms with van der Waals surface area (Å²) in [6, 6.07) is 12.8. The summed E-state index contributed by atoms with van der Waals surface area (Å²) in [5, 5.41) is 9.79. The van der Waals surface area contributed by atoms with E-state index in [2.05, 4.69) is 21.8 Å². The molecule has 0 bridgehead atoms. The molecule has 4 aromatic rings. The molecule has 0 aliphatic heterocycles. The predicted molar refractivity (Wildman–Crippen MR) is 112 cm³/mol. The van der Waals surface area contributed by atoms with E-state index in [1.165, 1.54) is 30.0 Å². The Labute approximate surface area is 176 Å². The number of pyridine rings is 1. The molecular formula is C22H18F2N4OS. The third kappa shape index (κ3) is 4.33. The van der Waals surface area contributed by atoms with Gasteiger partial charge >= 0.3 is 0 Å². The van der Waals surface area contributed by atoms with Gasteiger partial charge in [-0.1, -0.05) is 36.0 Å². The first-order chi connectivity index (χ1) is 14.7. The van der Waals surface area contributed by atoms with Crippen LogP contribution in [-0.2, 0) is 18.9 Å². The lowest BCUT2D eigenvalue weighted by Gasteiger charge is -2.10. The number of thioether (sulfide) groups is 1. The van der Waals surface area contributed by atoms with Crippen LogP contribution in [0, 0.1) is 11.6 Å². The van der Waals surface area contributed by atoms with Gasteiger partial charge in [-0.2, -0.15) is 0 Å². The molecule has 2 aromatic heterocycles. The van der Waals surface area contributed by atoms with Gasteiger partial charge in [-0.05, 0) is 35.9 Å². The Balaban J connectivity index is 1.54. The molecular weight excluding hydrogens is 406 g/mol. The summed E-state index contributed by atoms with van der Waals surface area (Å²) in [6.45, 7) is 4.30. The molecule has 0 atom stereocenters. The molecule has 0 radical (unpaired) electrons. The molecule has 0 aliphatic rings. The fourth-order valence-electron chi connectivity index (χ4n) is 3.03. The summed E-state index contributed by atoms with van der Waals surface area (Å²) < 4.78 is 35.2. The van der Waals surface area contributed by atoms with Crippen molar-refractivity contribution in [2.45, 2.75) is 24.1 Å². The second-order valence-corrected chi connectivity index (χ2v) is 7.39. The molecule has 0 saturated heterocycles. The number of nitrogens with zero attached hydrogens (tertiary/aromatic N) is 4. The smallest absolute Gasteiger partial charge is 0.191 e. The predicted octanol–water partition coefficient (Wildman–Crippen LogP) is 5.16. The zero-order chi connectivity index (χ0) is 20.9. The number of rotatable bonds is 8. The SMILES string of the molecule is C=CCn1c(COc2ccccc2F)nnc1SCc1cc(F)cc2cccnc12. The number of allylic oxidation sites excluding steroid dienone is 1. The molecule has 8 heteroatoms. The number of hydrogen-bond donors (Lipinski definition) is 0. The first-order valence-corrected chi connectivity index (χ1v) is 10.2. The van der Waals surface area contributed by atoms with Crippen LogP contribution in [-0.4, -0.2) is 19.7 Å². The number of hydrogen-bond acceptors (Lipinski definition) is 5. The second-order valence-electron chi connectivity index (χ2n) is 6.45. The van der Waals surface area contributed by atoms with Gasteiger partial charge in [-0.25, -0.2) is 8.78 Å². The molecule has 0 spiro atoms. The summed E-state index contributed by atoms with van der Waals surface area (Å²) in [5.41, 5.74) is 1.53. The summed E-state index contributed by atoms with van der Waals surface area (Å²) in [4.78, 5) is 4.38. The molecule has 4 rings (SSSR count). The van der Waals surface area contributed by atoms with Gasteiger partial charge in [0.25, 0.3) is 0 Å². The van der Waals surface area contributed by atoms with Crippen LogP contribution < -0.4 is 4.74 Å². The second kappa shape index (κ2) is 9.04. The van der Waals surface area contributed by atoms with Crippen LogP contribution in [0.15, 0.2) is 72.5 Å². The summed E-state index contributed by atoms with van der Waals surface area (Å²) in [7, 11) is 0. The molecule has 0 aliphatic carbocycles. The minimum absolute atomic E-state index is 0.0623. The number of aromatic nitrogens is 4. The quantitative estimate of drug-likeness (QED) is 0.289. The Hall–Kier alpha value is -3.26. The van der Waals surface area contributed by atoms with Crippen molar-refractivity contribution in [1.29, 1.82) is 0 Å². The fraction of sp³-hybridized carbons (Fsp3) is 0.136. The van der Waals surface area contributed by atoms with Gasteiger partial charge in [0.15, 0.2) is 22.5 Å². The molecule has 5 nitrogen and oxygen atoms in total. The Bertz CT molecular complexity index is 1190. The maximum absolute atomic E-state index is 14.0. The maximum atomic E-state index is 14.0. The average molecular weight is 424 g/mol. The van der Waals surface area contributed by atoms with Crippen molar-refractivity contribution in [1.82, 2.24) is 19.7 Å². The lowest BCUT2D eigenvalue weighted by Crippen LogP contribution is -2.08. The number of benzene rings is 2. The standard InChI is InChI=1S/C22H18F2N4OS/c1-2-10-28-20(13-29-19-8-4-3-7-18(19)24)26-27-22(28)30-14-16-12-17(23)11-15-6-5-9-25-21(15)16/h2-9,11-12H,1,10,13-14H2. The van der Waals surface area contributed by atoms with E-state index < -0.39 is 5.82 Å². The van der Waals surface area contributed by atoms with Crippen molar-refractivity contribution >= 4 is 22.7 Å². The highest BCUT2D eigenvalue weighted by atomic mass is 32.2. The average Bonchev–Trinajstić information content (AvgIpc) is 3.13. The Morgan fingerprint density at radius 1 is 1.10 bits per heavy atom. The van der Waals surface area contributed by atoms with Crippen molar-refractivity contribution in [3.63, 3.8) is 0 Å². The fourth-order valence-corrected chi connectivity index (χ4v) is 3.97. The Kier molecular flexibility index (Phi) is 6.04. The topological polar surface area (TPSA) is 52.8 Å². The Morgan fingerprint density at radius 2 is 1.97 bits per heavy atom. The van der Waals surface area contributed by atoms with Crippen LogP contribution >= 0.6 is 11.8 Å². The zero-order valence-electron chi connectivity index (χ0n) is 16.0. The van der Waals surface area contributed by atoms with E-state index in [1.807, 2.05) is 10.6 Å². The highest BCUT2D eigenvalue weighted by Crippen LogP contribution is 2.27. The first kappa shape index (κ1) is 20.0. The lowest BCUT2D eigenvalue weighted by molar-refractivity contribution is 0.275. The van der Waals surface area contributed by atoms with E-state index in [9.17, 15) is 8.78 Å². The van der Waals surface area contributed by atoms with Crippen molar-refractivity contribution in [3.8, 4) is 5.75 Å². The zero-order valence-corrected chi connectivity index (χ0v) is 16.8. The van der Waals surface area contributed by atoms with Crippen LogP contribution in [0.3, 0.4) is 0 Å². The number of fused-ring (bicyclic) bond motifs is 1. The molecule has 0 fully saturated rings. The maximum Gasteiger partial charge on any atom is 0.191 e. The van der Waals surface area contributed by atoms with Crippen LogP contribution in [0.5, 0.6) is 5.75 Å². The van der Waals surface area contributed by atoms with Crippen molar-refractivity contribution in [3.05, 3.63) is 90.4 Å². The third-order valence-corrected chi connectivity index (χ3v) is 5.42. The first-order valence-electron chi connectivity index (χ1n) is 9.22. The van der Waals surface area contributed by atoms with Gasteiger partial charge in [0, 0.05) is 23.9 Å². The van der Waals surface area contributed by atoms with E-state index in [0.717, 1.165) is 16.5 Å². The summed E-state index contributed by atoms with van der Waals surface area (Å²) >= 11 is 1.41. The van der Waals surface area contributed by atoms with Crippen molar-refractivity contribution in [2.75, 3.05) is 0 Å². The highest BCUT2D eigenvalue weighted by Gasteiger charge is 2.15. The molecule has 0 unspecified atom stereocenters.